The van der Waals surface area contributed by atoms with Crippen LogP contribution >= 0.6 is 0 Å². The van der Waals surface area contributed by atoms with Crippen LogP contribution < -0.4 is 0 Å². The predicted octanol–water partition coefficient (Wildman–Crippen LogP) is 4.29. The highest BCUT2D eigenvalue weighted by molar-refractivity contribution is 6.74. The van der Waals surface area contributed by atoms with Gasteiger partial charge in [-0.15, -0.1) is 0 Å². The zero-order valence-corrected chi connectivity index (χ0v) is 18.5. The maximum atomic E-state index is 12.6. The zero-order chi connectivity index (χ0) is 19.7. The molecule has 26 heavy (non-hydrogen) atoms. The second-order valence-corrected chi connectivity index (χ2v) is 15.4. The summed E-state index contributed by atoms with van der Waals surface area (Å²) < 4.78 is 12.0. The van der Waals surface area contributed by atoms with Crippen molar-refractivity contribution >= 4 is 14.3 Å². The average molecular weight is 381 g/mol. The first-order chi connectivity index (χ1) is 11.8. The molecule has 0 amide bonds. The SMILES string of the molecule is C=C1COC(=O)[C@]12C[C@@H]1C[C@@H](O[Si](C)(C)C(C)(C)C)C[C@@H](C)[C@]1(C)[C@H]2O. The van der Waals surface area contributed by atoms with Crippen molar-refractivity contribution in [3.63, 3.8) is 0 Å². The summed E-state index contributed by atoms with van der Waals surface area (Å²) in [5, 5.41) is 11.5. The first kappa shape index (κ1) is 20.1. The lowest BCUT2D eigenvalue weighted by Crippen LogP contribution is -2.52. The molecular formula is C21H36O4Si. The molecule has 0 bridgehead atoms. The maximum absolute atomic E-state index is 12.6. The van der Waals surface area contributed by atoms with E-state index >= 15 is 0 Å². The first-order valence-corrected chi connectivity index (χ1v) is 12.9. The predicted molar refractivity (Wildman–Crippen MR) is 105 cm³/mol. The number of esters is 1. The molecule has 2 saturated carbocycles. The van der Waals surface area contributed by atoms with E-state index in [9.17, 15) is 9.90 Å². The van der Waals surface area contributed by atoms with E-state index < -0.39 is 19.8 Å². The average Bonchev–Trinajstić information content (AvgIpc) is 2.91. The zero-order valence-electron chi connectivity index (χ0n) is 17.5. The van der Waals surface area contributed by atoms with Gasteiger partial charge in [0.2, 0.25) is 0 Å². The van der Waals surface area contributed by atoms with Gasteiger partial charge in [0.1, 0.15) is 12.0 Å². The summed E-state index contributed by atoms with van der Waals surface area (Å²) in [5.41, 5.74) is -0.446. The van der Waals surface area contributed by atoms with Crippen molar-refractivity contribution < 1.29 is 19.1 Å². The molecule has 4 nitrogen and oxygen atoms in total. The van der Waals surface area contributed by atoms with Gasteiger partial charge in [-0.25, -0.2) is 0 Å². The molecule has 1 spiro atoms. The van der Waals surface area contributed by atoms with E-state index in [0.29, 0.717) is 6.42 Å². The van der Waals surface area contributed by atoms with Crippen molar-refractivity contribution in [2.45, 2.75) is 84.2 Å². The number of ether oxygens (including phenoxy) is 1. The third-order valence-corrected chi connectivity index (χ3v) is 12.9. The fourth-order valence-corrected chi connectivity index (χ4v) is 6.70. The van der Waals surface area contributed by atoms with Gasteiger partial charge in [-0.05, 0) is 54.8 Å². The van der Waals surface area contributed by atoms with E-state index in [4.69, 9.17) is 9.16 Å². The summed E-state index contributed by atoms with van der Waals surface area (Å²) in [6.45, 7) is 20.1. The van der Waals surface area contributed by atoms with E-state index in [2.05, 4.69) is 54.3 Å². The Morgan fingerprint density at radius 2 is 1.92 bits per heavy atom. The number of cyclic esters (lactones) is 1. The van der Waals surface area contributed by atoms with E-state index in [1.165, 1.54) is 0 Å². The van der Waals surface area contributed by atoms with Crippen molar-refractivity contribution in [3.05, 3.63) is 12.2 Å². The molecule has 0 aromatic carbocycles. The molecule has 1 N–H and O–H groups in total. The van der Waals surface area contributed by atoms with Crippen LogP contribution in [-0.4, -0.2) is 38.2 Å². The summed E-state index contributed by atoms with van der Waals surface area (Å²) in [6, 6.07) is 0. The second kappa shape index (κ2) is 5.92. The fraction of sp³-hybridized carbons (Fsp3) is 0.857. The lowest BCUT2D eigenvalue weighted by atomic mass is 9.61. The number of aliphatic hydroxyl groups excluding tert-OH is 1. The van der Waals surface area contributed by atoms with Crippen LogP contribution in [0.25, 0.3) is 0 Å². The van der Waals surface area contributed by atoms with Crippen LogP contribution in [0.2, 0.25) is 18.1 Å². The number of aliphatic hydroxyl groups is 1. The quantitative estimate of drug-likeness (QED) is 0.441. The molecule has 0 aromatic rings. The van der Waals surface area contributed by atoms with Gasteiger partial charge in [0.05, 0.1) is 6.10 Å². The van der Waals surface area contributed by atoms with Crippen LogP contribution in [0.15, 0.2) is 12.2 Å². The van der Waals surface area contributed by atoms with Crippen molar-refractivity contribution in [2.24, 2.45) is 22.7 Å². The summed E-state index contributed by atoms with van der Waals surface area (Å²) in [4.78, 5) is 12.6. The van der Waals surface area contributed by atoms with Gasteiger partial charge < -0.3 is 14.3 Å². The number of carbonyl (C=O) groups excluding carboxylic acids is 1. The van der Waals surface area contributed by atoms with Gasteiger partial charge in [-0.1, -0.05) is 41.2 Å². The van der Waals surface area contributed by atoms with Gasteiger partial charge in [-0.2, -0.15) is 0 Å². The molecule has 0 radical (unpaired) electrons. The van der Waals surface area contributed by atoms with Crippen LogP contribution in [-0.2, 0) is 14.0 Å². The van der Waals surface area contributed by atoms with Gasteiger partial charge in [0.25, 0.3) is 0 Å². The summed E-state index contributed by atoms with van der Waals surface area (Å²) in [5.74, 6) is 0.254. The molecule has 3 aliphatic rings. The maximum Gasteiger partial charge on any atom is 0.319 e. The summed E-state index contributed by atoms with van der Waals surface area (Å²) in [6.07, 6.45) is 1.98. The van der Waals surface area contributed by atoms with Crippen molar-refractivity contribution in [2.75, 3.05) is 6.61 Å². The number of hydrogen-bond acceptors (Lipinski definition) is 4. The molecular weight excluding hydrogens is 344 g/mol. The molecule has 3 fully saturated rings. The Balaban J connectivity index is 1.87. The highest BCUT2D eigenvalue weighted by Gasteiger charge is 2.69. The number of rotatable bonds is 2. The molecule has 1 heterocycles. The molecule has 1 saturated heterocycles. The van der Waals surface area contributed by atoms with E-state index in [0.717, 1.165) is 18.4 Å². The van der Waals surface area contributed by atoms with Crippen LogP contribution in [0, 0.1) is 22.7 Å². The van der Waals surface area contributed by atoms with Crippen molar-refractivity contribution in [1.82, 2.24) is 0 Å². The number of hydrogen-bond donors (Lipinski definition) is 1. The monoisotopic (exact) mass is 380 g/mol. The highest BCUT2D eigenvalue weighted by Crippen LogP contribution is 2.65. The lowest BCUT2D eigenvalue weighted by Gasteiger charge is -2.49. The van der Waals surface area contributed by atoms with E-state index in [1.807, 2.05) is 0 Å². The molecule has 5 heteroatoms. The fourth-order valence-electron chi connectivity index (χ4n) is 5.32. The largest absolute Gasteiger partial charge is 0.460 e. The standard InChI is InChI=1S/C21H36O4Si/c1-13-9-16(25-26(7,8)19(3,4)5)10-15-11-21(17(22)20(13,15)6)14(2)12-24-18(21)23/h13,15-17,22H,2,9-12H2,1,3-8H3/t13-,15+,16+,17-,20+,21-/m1/s1. The Morgan fingerprint density at radius 1 is 1.31 bits per heavy atom. The molecule has 1 aliphatic heterocycles. The molecule has 2 aliphatic carbocycles. The van der Waals surface area contributed by atoms with Crippen molar-refractivity contribution in [3.8, 4) is 0 Å². The number of carbonyl (C=O) groups is 1. The second-order valence-electron chi connectivity index (χ2n) is 10.7. The van der Waals surface area contributed by atoms with E-state index in [1.54, 1.807) is 0 Å². The Hall–Kier alpha value is -0.653. The summed E-state index contributed by atoms with van der Waals surface area (Å²) in [7, 11) is -1.85. The third-order valence-electron chi connectivity index (χ3n) is 8.37. The molecule has 0 aromatic heterocycles. The smallest absolute Gasteiger partial charge is 0.319 e. The minimum absolute atomic E-state index is 0.178. The van der Waals surface area contributed by atoms with Crippen molar-refractivity contribution in [1.29, 1.82) is 0 Å². The number of fused-ring (bicyclic) bond motifs is 1. The lowest BCUT2D eigenvalue weighted by molar-refractivity contribution is -0.153. The Bertz CT molecular complexity index is 604. The van der Waals surface area contributed by atoms with Crippen LogP contribution in [0.5, 0.6) is 0 Å². The minimum atomic E-state index is -1.85. The van der Waals surface area contributed by atoms with Gasteiger partial charge in [-0.3, -0.25) is 4.79 Å². The highest BCUT2D eigenvalue weighted by atomic mass is 28.4. The van der Waals surface area contributed by atoms with Crippen LogP contribution in [0.1, 0.15) is 53.9 Å². The van der Waals surface area contributed by atoms with Crippen LogP contribution in [0.3, 0.4) is 0 Å². The first-order valence-electron chi connectivity index (χ1n) is 9.98. The molecule has 0 unspecified atom stereocenters. The molecule has 148 valence electrons. The Labute approximate surface area is 159 Å². The normalized spacial score (nSPS) is 43.7. The molecule has 3 rings (SSSR count). The third kappa shape index (κ3) is 2.57. The van der Waals surface area contributed by atoms with Gasteiger partial charge in [0.15, 0.2) is 8.32 Å². The minimum Gasteiger partial charge on any atom is -0.460 e. The van der Waals surface area contributed by atoms with E-state index in [-0.39, 0.29) is 41.0 Å². The topological polar surface area (TPSA) is 55.8 Å². The Morgan fingerprint density at radius 3 is 2.42 bits per heavy atom. The molecule has 6 atom stereocenters. The van der Waals surface area contributed by atoms with Gasteiger partial charge in [0, 0.05) is 11.5 Å². The Kier molecular flexibility index (Phi) is 4.57. The van der Waals surface area contributed by atoms with Crippen LogP contribution in [0.4, 0.5) is 0 Å². The summed E-state index contributed by atoms with van der Waals surface area (Å²) >= 11 is 0. The van der Waals surface area contributed by atoms with Gasteiger partial charge >= 0.3 is 5.97 Å².